The lowest BCUT2D eigenvalue weighted by Crippen LogP contribution is -2.16. The summed E-state index contributed by atoms with van der Waals surface area (Å²) in [6.45, 7) is 4.02. The minimum Gasteiger partial charge on any atom is -0.427 e. The first kappa shape index (κ1) is 10.5. The largest absolute Gasteiger partial charge is 0.427 e. The molecule has 82 valence electrons. The zero-order valence-corrected chi connectivity index (χ0v) is 9.38. The molecule has 0 atom stereocenters. The van der Waals surface area contributed by atoms with Crippen LogP contribution in [-0.4, -0.2) is 9.94 Å². The first-order valence-corrected chi connectivity index (χ1v) is 5.16. The Morgan fingerprint density at radius 2 is 1.69 bits per heavy atom. The van der Waals surface area contributed by atoms with Crippen molar-refractivity contribution in [3.63, 3.8) is 0 Å². The molecule has 1 N–H and O–H groups in total. The van der Waals surface area contributed by atoms with E-state index in [0.717, 1.165) is 21.5 Å². The molecule has 0 amide bonds. The van der Waals surface area contributed by atoms with Crippen molar-refractivity contribution in [3.8, 4) is 0 Å². The van der Waals surface area contributed by atoms with Gasteiger partial charge in [0.25, 0.3) is 0 Å². The summed E-state index contributed by atoms with van der Waals surface area (Å²) in [6, 6.07) is 11.4. The van der Waals surface area contributed by atoms with Crippen molar-refractivity contribution in [1.29, 1.82) is 0 Å². The molecule has 1 heterocycles. The highest BCUT2D eigenvalue weighted by molar-refractivity contribution is 5.51. The average Bonchev–Trinajstić information content (AvgIpc) is 2.26. The summed E-state index contributed by atoms with van der Waals surface area (Å²) >= 11 is 0. The van der Waals surface area contributed by atoms with Crippen LogP contribution in [0.15, 0.2) is 47.6 Å². The fourth-order valence-electron chi connectivity index (χ4n) is 1.61. The Morgan fingerprint density at radius 1 is 1.00 bits per heavy atom. The normalized spacial score (nSPS) is 11.8. The monoisotopic (exact) mass is 214 g/mol. The summed E-state index contributed by atoms with van der Waals surface area (Å²) in [7, 11) is 0. The van der Waals surface area contributed by atoms with Gasteiger partial charge in [-0.1, -0.05) is 24.3 Å². The molecule has 0 aliphatic heterocycles. The molecule has 0 radical (unpaired) electrons. The summed E-state index contributed by atoms with van der Waals surface area (Å²) in [5.41, 5.74) is 3.64. The number of aromatic nitrogens is 1. The zero-order valence-electron chi connectivity index (χ0n) is 9.38. The Hall–Kier alpha value is -2.03. The molecule has 3 nitrogen and oxygen atoms in total. The van der Waals surface area contributed by atoms with E-state index in [1.807, 2.05) is 38.1 Å². The van der Waals surface area contributed by atoms with E-state index in [9.17, 15) is 5.21 Å². The highest BCUT2D eigenvalue weighted by Crippen LogP contribution is 2.21. The quantitative estimate of drug-likeness (QED) is 0.728. The molecule has 0 unspecified atom stereocenters. The first-order valence-electron chi connectivity index (χ1n) is 5.16. The number of rotatable bonds is 1. The van der Waals surface area contributed by atoms with Gasteiger partial charge in [0.1, 0.15) is 0 Å². The lowest BCUT2D eigenvalue weighted by molar-refractivity contribution is 0.172. The summed E-state index contributed by atoms with van der Waals surface area (Å²) in [6.07, 6.45) is 1.56. The predicted molar refractivity (Wildman–Crippen MR) is 62.8 cm³/mol. The van der Waals surface area contributed by atoms with E-state index in [4.69, 9.17) is 0 Å². The molecule has 3 heteroatoms. The molecular formula is C13H14N2O. The van der Waals surface area contributed by atoms with Crippen LogP contribution in [0.5, 0.6) is 0 Å². The number of nitrogens with zero attached hydrogens (tertiary/aromatic N) is 2. The van der Waals surface area contributed by atoms with E-state index in [2.05, 4.69) is 4.99 Å². The van der Waals surface area contributed by atoms with Crippen LogP contribution in [0.2, 0.25) is 0 Å². The van der Waals surface area contributed by atoms with Crippen molar-refractivity contribution in [3.05, 3.63) is 59.2 Å². The van der Waals surface area contributed by atoms with Crippen LogP contribution in [-0.2, 0) is 0 Å². The molecule has 2 aromatic rings. The molecule has 0 fully saturated rings. The van der Waals surface area contributed by atoms with Gasteiger partial charge in [-0.25, -0.2) is 4.99 Å². The number of benzene rings is 1. The van der Waals surface area contributed by atoms with Gasteiger partial charge in [0.2, 0.25) is 0 Å². The van der Waals surface area contributed by atoms with Crippen molar-refractivity contribution in [2.24, 2.45) is 4.99 Å². The number of hydrogen-bond donors (Lipinski definition) is 1. The fourth-order valence-corrected chi connectivity index (χ4v) is 1.61. The first-order chi connectivity index (χ1) is 7.68. The number of hydrogen-bond acceptors (Lipinski definition) is 2. The number of pyridine rings is 1. The van der Waals surface area contributed by atoms with Crippen molar-refractivity contribution in [1.82, 2.24) is 4.73 Å². The Balaban J connectivity index is 2.64. The van der Waals surface area contributed by atoms with Crippen LogP contribution in [0.1, 0.15) is 11.1 Å². The van der Waals surface area contributed by atoms with Crippen LogP contribution < -0.4 is 5.49 Å². The third kappa shape index (κ3) is 1.98. The van der Waals surface area contributed by atoms with Gasteiger partial charge >= 0.3 is 0 Å². The Bertz CT molecular complexity index is 550. The van der Waals surface area contributed by atoms with Gasteiger partial charge in [-0.3, -0.25) is 0 Å². The Kier molecular flexibility index (Phi) is 2.77. The van der Waals surface area contributed by atoms with Crippen molar-refractivity contribution < 1.29 is 5.21 Å². The maximum absolute atomic E-state index is 9.58. The van der Waals surface area contributed by atoms with E-state index >= 15 is 0 Å². The van der Waals surface area contributed by atoms with Gasteiger partial charge in [0.05, 0.1) is 5.69 Å². The molecule has 16 heavy (non-hydrogen) atoms. The molecule has 0 aliphatic rings. The van der Waals surface area contributed by atoms with E-state index in [1.54, 1.807) is 18.3 Å². The van der Waals surface area contributed by atoms with Gasteiger partial charge in [-0.15, -0.1) is 0 Å². The van der Waals surface area contributed by atoms with E-state index < -0.39 is 0 Å². The predicted octanol–water partition coefficient (Wildman–Crippen LogP) is 2.57. The molecule has 0 bridgehead atoms. The summed E-state index contributed by atoms with van der Waals surface area (Å²) in [5.74, 6) is 0. The van der Waals surface area contributed by atoms with E-state index in [0.29, 0.717) is 5.49 Å². The zero-order chi connectivity index (χ0) is 11.5. The second-order valence-electron chi connectivity index (χ2n) is 3.76. The average molecular weight is 214 g/mol. The molecule has 2 rings (SSSR count). The third-order valence-corrected chi connectivity index (χ3v) is 2.48. The molecule has 0 saturated heterocycles. The highest BCUT2D eigenvalue weighted by atomic mass is 16.5. The Labute approximate surface area is 94.3 Å². The minimum absolute atomic E-state index is 0.528. The van der Waals surface area contributed by atoms with Crippen LogP contribution in [0.25, 0.3) is 0 Å². The van der Waals surface area contributed by atoms with Gasteiger partial charge < -0.3 is 5.21 Å². The minimum atomic E-state index is 0.528. The second-order valence-corrected chi connectivity index (χ2v) is 3.76. The van der Waals surface area contributed by atoms with Crippen LogP contribution in [0, 0.1) is 13.8 Å². The number of aryl methyl sites for hydroxylation is 2. The SMILES string of the molecule is Cc1cccc(C)c1N=c1ccccn1O. The van der Waals surface area contributed by atoms with Gasteiger partial charge in [0.15, 0.2) is 5.49 Å². The fraction of sp³-hybridized carbons (Fsp3) is 0.154. The van der Waals surface area contributed by atoms with Crippen molar-refractivity contribution in [2.45, 2.75) is 13.8 Å². The van der Waals surface area contributed by atoms with Crippen LogP contribution in [0.4, 0.5) is 5.69 Å². The lowest BCUT2D eigenvalue weighted by atomic mass is 10.1. The molecule has 1 aromatic heterocycles. The van der Waals surface area contributed by atoms with Gasteiger partial charge in [-0.05, 0) is 37.1 Å². The lowest BCUT2D eigenvalue weighted by Gasteiger charge is -2.04. The summed E-state index contributed by atoms with van der Waals surface area (Å²) < 4.78 is 1.02. The molecule has 0 spiro atoms. The maximum Gasteiger partial charge on any atom is 0.168 e. The highest BCUT2D eigenvalue weighted by Gasteiger charge is 1.99. The topological polar surface area (TPSA) is 37.5 Å². The van der Waals surface area contributed by atoms with E-state index in [1.165, 1.54) is 0 Å². The molecule has 1 aromatic carbocycles. The molecular weight excluding hydrogens is 200 g/mol. The third-order valence-electron chi connectivity index (χ3n) is 2.48. The summed E-state index contributed by atoms with van der Waals surface area (Å²) in [5, 5.41) is 9.58. The van der Waals surface area contributed by atoms with Crippen molar-refractivity contribution >= 4 is 5.69 Å². The second kappa shape index (κ2) is 4.23. The Morgan fingerprint density at radius 3 is 2.31 bits per heavy atom. The molecule has 0 saturated carbocycles. The maximum atomic E-state index is 9.58. The number of para-hydroxylation sites is 1. The standard InChI is InChI=1S/C13H14N2O/c1-10-6-5-7-11(2)13(10)14-12-8-3-4-9-15(12)16/h3-9,16H,1-2H3. The smallest absolute Gasteiger partial charge is 0.168 e. The van der Waals surface area contributed by atoms with Crippen LogP contribution in [0.3, 0.4) is 0 Å². The van der Waals surface area contributed by atoms with Crippen molar-refractivity contribution in [2.75, 3.05) is 0 Å². The molecule has 0 aliphatic carbocycles. The van der Waals surface area contributed by atoms with Gasteiger partial charge in [0, 0.05) is 6.20 Å². The van der Waals surface area contributed by atoms with Crippen LogP contribution >= 0.6 is 0 Å². The van der Waals surface area contributed by atoms with E-state index in [-0.39, 0.29) is 0 Å². The van der Waals surface area contributed by atoms with Gasteiger partial charge in [-0.2, -0.15) is 4.73 Å². The summed E-state index contributed by atoms with van der Waals surface area (Å²) in [4.78, 5) is 4.45.